The molecule has 0 atom stereocenters. The molecule has 3 aromatic rings. The summed E-state index contributed by atoms with van der Waals surface area (Å²) in [7, 11) is 0. The zero-order valence-corrected chi connectivity index (χ0v) is 17.1. The second kappa shape index (κ2) is 7.66. The van der Waals surface area contributed by atoms with E-state index >= 15 is 0 Å². The molecule has 0 bridgehead atoms. The van der Waals surface area contributed by atoms with Gasteiger partial charge in [0.1, 0.15) is 0 Å². The van der Waals surface area contributed by atoms with Gasteiger partial charge in [-0.15, -0.1) is 11.3 Å². The molecule has 0 amide bonds. The molecule has 4 rings (SSSR count). The van der Waals surface area contributed by atoms with Gasteiger partial charge in [-0.1, -0.05) is 43.1 Å². The van der Waals surface area contributed by atoms with Crippen LogP contribution in [0.2, 0.25) is 0 Å². The number of nitrogen functional groups attached to an aromatic ring is 1. The number of nitrogens with one attached hydrogen (secondary N) is 1. The van der Waals surface area contributed by atoms with E-state index in [2.05, 4.69) is 24.0 Å². The van der Waals surface area contributed by atoms with Gasteiger partial charge in [0, 0.05) is 22.0 Å². The van der Waals surface area contributed by atoms with Crippen LogP contribution in [-0.2, 0) is 6.54 Å². The summed E-state index contributed by atoms with van der Waals surface area (Å²) < 4.78 is 10.8. The Labute approximate surface area is 173 Å². The van der Waals surface area contributed by atoms with Crippen molar-refractivity contribution in [1.82, 2.24) is 5.32 Å². The average Bonchev–Trinajstić information content (AvgIpc) is 3.32. The lowest BCUT2D eigenvalue weighted by atomic mass is 10.1. The van der Waals surface area contributed by atoms with Gasteiger partial charge in [-0.25, -0.2) is 0 Å². The van der Waals surface area contributed by atoms with Crippen molar-refractivity contribution in [1.29, 1.82) is 0 Å². The fourth-order valence-electron chi connectivity index (χ4n) is 3.01. The van der Waals surface area contributed by atoms with Gasteiger partial charge >= 0.3 is 0 Å². The summed E-state index contributed by atoms with van der Waals surface area (Å²) in [5.41, 5.74) is 11.0. The van der Waals surface area contributed by atoms with Crippen LogP contribution in [-0.4, -0.2) is 11.7 Å². The number of hydrogen-bond acceptors (Lipinski definition) is 6. The molecule has 1 aliphatic rings. The molecule has 0 spiro atoms. The Balaban J connectivity index is 1.49. The van der Waals surface area contributed by atoms with Gasteiger partial charge < -0.3 is 20.5 Å². The SMILES string of the molecule is C=C(NCc1ccc2c(c1)OCO2)c1sc(-c2cccc(C(C)=S)c2)cc1N. The Kier molecular flexibility index (Phi) is 5.07. The zero-order valence-electron chi connectivity index (χ0n) is 15.5. The molecule has 0 aliphatic carbocycles. The highest BCUT2D eigenvalue weighted by atomic mass is 32.1. The van der Waals surface area contributed by atoms with E-state index in [1.54, 1.807) is 11.3 Å². The summed E-state index contributed by atoms with van der Waals surface area (Å²) in [5.74, 6) is 1.56. The smallest absolute Gasteiger partial charge is 0.231 e. The van der Waals surface area contributed by atoms with Crippen LogP contribution in [0.1, 0.15) is 22.9 Å². The minimum atomic E-state index is 0.275. The maximum Gasteiger partial charge on any atom is 0.231 e. The van der Waals surface area contributed by atoms with Crippen molar-refractivity contribution in [3.05, 3.63) is 71.1 Å². The fraction of sp³-hybridized carbons (Fsp3) is 0.136. The van der Waals surface area contributed by atoms with Gasteiger partial charge in [-0.2, -0.15) is 0 Å². The highest BCUT2D eigenvalue weighted by Crippen LogP contribution is 2.37. The molecule has 0 radical (unpaired) electrons. The molecule has 0 saturated carbocycles. The number of thiophene rings is 1. The first-order valence-electron chi connectivity index (χ1n) is 8.83. The van der Waals surface area contributed by atoms with E-state index in [0.717, 1.165) is 48.5 Å². The molecule has 3 N–H and O–H groups in total. The minimum Gasteiger partial charge on any atom is -0.454 e. The van der Waals surface area contributed by atoms with Crippen molar-refractivity contribution in [2.75, 3.05) is 12.5 Å². The monoisotopic (exact) mass is 408 g/mol. The molecule has 2 aromatic carbocycles. The second-order valence-electron chi connectivity index (χ2n) is 6.55. The lowest BCUT2D eigenvalue weighted by Crippen LogP contribution is -2.10. The molecule has 1 aliphatic heterocycles. The van der Waals surface area contributed by atoms with Gasteiger partial charge in [-0.3, -0.25) is 0 Å². The third-order valence-corrected chi connectivity index (χ3v) is 6.03. The van der Waals surface area contributed by atoms with Gasteiger partial charge in [-0.05, 0) is 47.9 Å². The van der Waals surface area contributed by atoms with Gasteiger partial charge in [0.05, 0.1) is 10.6 Å². The van der Waals surface area contributed by atoms with Crippen LogP contribution in [0, 0.1) is 0 Å². The Morgan fingerprint density at radius 2 is 2.00 bits per heavy atom. The van der Waals surface area contributed by atoms with Crippen molar-refractivity contribution < 1.29 is 9.47 Å². The molecular formula is C22H20N2O2S2. The molecule has 4 nitrogen and oxygen atoms in total. The summed E-state index contributed by atoms with van der Waals surface area (Å²) in [6.07, 6.45) is 0. The molecular weight excluding hydrogens is 388 g/mol. The predicted molar refractivity (Wildman–Crippen MR) is 120 cm³/mol. The molecule has 142 valence electrons. The van der Waals surface area contributed by atoms with Crippen LogP contribution in [0.4, 0.5) is 5.69 Å². The maximum absolute atomic E-state index is 6.27. The van der Waals surface area contributed by atoms with E-state index < -0.39 is 0 Å². The molecule has 1 aromatic heterocycles. The van der Waals surface area contributed by atoms with Crippen molar-refractivity contribution in [2.45, 2.75) is 13.5 Å². The lowest BCUT2D eigenvalue weighted by molar-refractivity contribution is 0.174. The van der Waals surface area contributed by atoms with Crippen LogP contribution in [0.15, 0.2) is 55.1 Å². The first-order chi connectivity index (χ1) is 13.5. The third kappa shape index (κ3) is 3.74. The van der Waals surface area contributed by atoms with Gasteiger partial charge in [0.2, 0.25) is 6.79 Å². The molecule has 6 heteroatoms. The highest BCUT2D eigenvalue weighted by molar-refractivity contribution is 7.80. The van der Waals surface area contributed by atoms with E-state index in [1.807, 2.05) is 43.3 Å². The fourth-order valence-corrected chi connectivity index (χ4v) is 4.16. The van der Waals surface area contributed by atoms with Crippen molar-refractivity contribution in [3.8, 4) is 21.9 Å². The number of ether oxygens (including phenoxy) is 2. The molecule has 0 unspecified atom stereocenters. The number of fused-ring (bicyclic) bond motifs is 1. The molecule has 0 saturated heterocycles. The zero-order chi connectivity index (χ0) is 19.7. The van der Waals surface area contributed by atoms with Crippen molar-refractivity contribution >= 4 is 39.8 Å². The lowest BCUT2D eigenvalue weighted by Gasteiger charge is -2.09. The Morgan fingerprint density at radius 3 is 2.82 bits per heavy atom. The van der Waals surface area contributed by atoms with E-state index in [0.29, 0.717) is 12.2 Å². The topological polar surface area (TPSA) is 56.5 Å². The second-order valence-corrected chi connectivity index (χ2v) is 8.22. The van der Waals surface area contributed by atoms with E-state index in [9.17, 15) is 0 Å². The van der Waals surface area contributed by atoms with Crippen LogP contribution in [0.25, 0.3) is 16.1 Å². The Bertz CT molecular complexity index is 1070. The van der Waals surface area contributed by atoms with Crippen molar-refractivity contribution in [3.63, 3.8) is 0 Å². The summed E-state index contributed by atoms with van der Waals surface area (Å²) in [6, 6.07) is 16.1. The number of rotatable bonds is 6. The standard InChI is InChI=1S/C22H20N2O2S2/c1-13(24-11-15-6-7-19-20(8-15)26-12-25-19)22-18(23)10-21(28-22)17-5-3-4-16(9-17)14(2)27/h3-10,24H,1,11-12,23H2,2H3. The minimum absolute atomic E-state index is 0.275. The largest absolute Gasteiger partial charge is 0.454 e. The van der Waals surface area contributed by atoms with Gasteiger partial charge in [0.15, 0.2) is 11.5 Å². The number of benzene rings is 2. The normalized spacial score (nSPS) is 12.0. The summed E-state index contributed by atoms with van der Waals surface area (Å²) >= 11 is 6.91. The number of anilines is 1. The molecule has 2 heterocycles. The number of thiocarbonyl (C=S) groups is 1. The number of nitrogens with two attached hydrogens (primary N) is 1. The van der Waals surface area contributed by atoms with E-state index in [-0.39, 0.29) is 6.79 Å². The third-order valence-electron chi connectivity index (χ3n) is 4.53. The average molecular weight is 409 g/mol. The summed E-state index contributed by atoms with van der Waals surface area (Å²) in [4.78, 5) is 2.92. The Morgan fingerprint density at radius 1 is 1.18 bits per heavy atom. The first kappa shape index (κ1) is 18.5. The van der Waals surface area contributed by atoms with Crippen LogP contribution >= 0.6 is 23.6 Å². The summed E-state index contributed by atoms with van der Waals surface area (Å²) in [6.45, 7) is 7.01. The van der Waals surface area contributed by atoms with E-state index in [1.165, 1.54) is 0 Å². The van der Waals surface area contributed by atoms with Gasteiger partial charge in [0.25, 0.3) is 0 Å². The Hall–Kier alpha value is -2.83. The van der Waals surface area contributed by atoms with Crippen LogP contribution in [0.3, 0.4) is 0 Å². The summed E-state index contributed by atoms with van der Waals surface area (Å²) in [5, 5.41) is 3.36. The maximum atomic E-state index is 6.27. The first-order valence-corrected chi connectivity index (χ1v) is 10.1. The number of hydrogen-bond donors (Lipinski definition) is 2. The molecule has 0 fully saturated rings. The quantitative estimate of drug-likeness (QED) is 0.432. The highest BCUT2D eigenvalue weighted by Gasteiger charge is 2.14. The van der Waals surface area contributed by atoms with E-state index in [4.69, 9.17) is 27.4 Å². The molecule has 28 heavy (non-hydrogen) atoms. The van der Waals surface area contributed by atoms with Crippen LogP contribution < -0.4 is 20.5 Å². The van der Waals surface area contributed by atoms with Crippen molar-refractivity contribution in [2.24, 2.45) is 0 Å². The van der Waals surface area contributed by atoms with Crippen LogP contribution in [0.5, 0.6) is 11.5 Å². The predicted octanol–water partition coefficient (Wildman–Crippen LogP) is 5.22.